The molecule has 4 nitrogen and oxygen atoms in total. The summed E-state index contributed by atoms with van der Waals surface area (Å²) < 4.78 is 0. The van der Waals surface area contributed by atoms with E-state index < -0.39 is 5.60 Å². The molecule has 1 N–H and O–H groups in total. The van der Waals surface area contributed by atoms with Gasteiger partial charge in [-0.1, -0.05) is 12.8 Å². The quantitative estimate of drug-likeness (QED) is 0.835. The smallest absolute Gasteiger partial charge is 0.239 e. The second kappa shape index (κ2) is 5.06. The number of rotatable bonds is 3. The monoisotopic (exact) mass is 266 g/mol. The average molecular weight is 266 g/mol. The number of hydrogen-bond donors (Lipinski definition) is 1. The van der Waals surface area contributed by atoms with Crippen molar-refractivity contribution < 1.29 is 9.90 Å². The van der Waals surface area contributed by atoms with Crippen molar-refractivity contribution >= 4 is 5.91 Å². The molecule has 0 radical (unpaired) electrons. The number of amides is 1. The van der Waals surface area contributed by atoms with Gasteiger partial charge < -0.3 is 10.0 Å². The molecule has 0 aromatic heterocycles. The molecule has 1 saturated carbocycles. The van der Waals surface area contributed by atoms with Crippen molar-refractivity contribution in [1.82, 2.24) is 9.80 Å². The normalized spacial score (nSPS) is 29.5. The van der Waals surface area contributed by atoms with Crippen LogP contribution in [0.4, 0.5) is 0 Å². The first-order chi connectivity index (χ1) is 9.10. The molecule has 1 atom stereocenters. The van der Waals surface area contributed by atoms with Crippen LogP contribution in [0.2, 0.25) is 0 Å². The minimum atomic E-state index is -0.479. The molecule has 1 unspecified atom stereocenters. The van der Waals surface area contributed by atoms with Crippen molar-refractivity contribution in [2.75, 3.05) is 26.2 Å². The van der Waals surface area contributed by atoms with Crippen LogP contribution < -0.4 is 0 Å². The predicted molar refractivity (Wildman–Crippen MR) is 73.8 cm³/mol. The lowest BCUT2D eigenvalue weighted by atomic mass is 9.87. The largest absolute Gasteiger partial charge is 0.387 e. The Morgan fingerprint density at radius 3 is 2.26 bits per heavy atom. The first-order valence-corrected chi connectivity index (χ1v) is 7.85. The van der Waals surface area contributed by atoms with Gasteiger partial charge in [-0.15, -0.1) is 0 Å². The molecule has 2 heterocycles. The van der Waals surface area contributed by atoms with Gasteiger partial charge in [0.15, 0.2) is 0 Å². The molecule has 4 heteroatoms. The Morgan fingerprint density at radius 1 is 1.16 bits per heavy atom. The summed E-state index contributed by atoms with van der Waals surface area (Å²) in [6, 6.07) is -0.0582. The van der Waals surface area contributed by atoms with Gasteiger partial charge in [-0.25, -0.2) is 0 Å². The van der Waals surface area contributed by atoms with Crippen LogP contribution >= 0.6 is 0 Å². The van der Waals surface area contributed by atoms with Crippen molar-refractivity contribution in [2.45, 2.75) is 57.1 Å². The van der Waals surface area contributed by atoms with E-state index in [-0.39, 0.29) is 11.9 Å². The van der Waals surface area contributed by atoms with E-state index in [0.717, 1.165) is 25.9 Å². The third-order valence-electron chi connectivity index (χ3n) is 5.11. The van der Waals surface area contributed by atoms with E-state index in [2.05, 4.69) is 4.90 Å². The molecule has 2 aliphatic heterocycles. The number of carbonyl (C=O) groups is 1. The summed E-state index contributed by atoms with van der Waals surface area (Å²) >= 11 is 0. The van der Waals surface area contributed by atoms with Gasteiger partial charge in [-0.2, -0.15) is 0 Å². The number of β-amino-alcohol motifs (C(OH)–C–C–N with tert-alkyl or cyclic N) is 1. The second-order valence-corrected chi connectivity index (χ2v) is 6.70. The predicted octanol–water partition coefficient (Wildman–Crippen LogP) is 1.23. The molecule has 3 rings (SSSR count). The molecular weight excluding hydrogens is 240 g/mol. The number of likely N-dealkylation sites (tertiary alicyclic amines) is 2. The van der Waals surface area contributed by atoms with Gasteiger partial charge >= 0.3 is 0 Å². The Kier molecular flexibility index (Phi) is 3.56. The van der Waals surface area contributed by atoms with Gasteiger partial charge in [-0.3, -0.25) is 9.69 Å². The SMILES string of the molecule is CC(C(=O)N1CCCCCC1)N1CC(O)(C2CC2)C1. The van der Waals surface area contributed by atoms with Crippen molar-refractivity contribution in [3.63, 3.8) is 0 Å². The number of aliphatic hydroxyl groups is 1. The van der Waals surface area contributed by atoms with Crippen molar-refractivity contribution in [2.24, 2.45) is 5.92 Å². The molecule has 3 fully saturated rings. The summed E-state index contributed by atoms with van der Waals surface area (Å²) in [6.45, 7) is 5.23. The molecule has 1 aliphatic carbocycles. The highest BCUT2D eigenvalue weighted by atomic mass is 16.3. The first kappa shape index (κ1) is 13.4. The zero-order valence-corrected chi connectivity index (χ0v) is 12.0. The third-order valence-corrected chi connectivity index (χ3v) is 5.11. The second-order valence-electron chi connectivity index (χ2n) is 6.70. The molecule has 19 heavy (non-hydrogen) atoms. The zero-order chi connectivity index (χ0) is 13.5. The van der Waals surface area contributed by atoms with Gasteiger partial charge in [0.2, 0.25) is 5.91 Å². The Labute approximate surface area is 115 Å². The maximum Gasteiger partial charge on any atom is 0.239 e. The maximum absolute atomic E-state index is 12.5. The topological polar surface area (TPSA) is 43.8 Å². The third kappa shape index (κ3) is 2.65. The van der Waals surface area contributed by atoms with Crippen molar-refractivity contribution in [3.8, 4) is 0 Å². The minimum Gasteiger partial charge on any atom is -0.387 e. The Balaban J connectivity index is 1.52. The molecule has 3 aliphatic rings. The van der Waals surface area contributed by atoms with E-state index in [1.165, 1.54) is 25.7 Å². The fraction of sp³-hybridized carbons (Fsp3) is 0.933. The molecular formula is C15H26N2O2. The van der Waals surface area contributed by atoms with Gasteiger partial charge in [0, 0.05) is 26.2 Å². The molecule has 2 saturated heterocycles. The first-order valence-electron chi connectivity index (χ1n) is 7.85. The van der Waals surface area contributed by atoms with Crippen LogP contribution in [0, 0.1) is 5.92 Å². The molecule has 0 aromatic carbocycles. The standard InChI is InChI=1S/C15H26N2O2/c1-12(14(18)16-8-4-2-3-5-9-16)17-10-15(19,11-17)13-6-7-13/h12-13,19H,2-11H2,1H3. The molecule has 0 bridgehead atoms. The number of nitrogens with zero attached hydrogens (tertiary/aromatic N) is 2. The fourth-order valence-electron chi connectivity index (χ4n) is 3.52. The molecule has 0 aromatic rings. The van der Waals surface area contributed by atoms with Gasteiger partial charge in [0.25, 0.3) is 0 Å². The summed E-state index contributed by atoms with van der Waals surface area (Å²) in [6.07, 6.45) is 7.12. The fourth-order valence-corrected chi connectivity index (χ4v) is 3.52. The molecule has 0 spiro atoms. The highest BCUT2D eigenvalue weighted by molar-refractivity contribution is 5.81. The Bertz CT molecular complexity index is 340. The van der Waals surface area contributed by atoms with Crippen LogP contribution in [0.25, 0.3) is 0 Å². The summed E-state index contributed by atoms with van der Waals surface area (Å²) in [4.78, 5) is 16.7. The molecule has 108 valence electrons. The Morgan fingerprint density at radius 2 is 1.74 bits per heavy atom. The van der Waals surface area contributed by atoms with Crippen LogP contribution in [0.5, 0.6) is 0 Å². The zero-order valence-electron chi connectivity index (χ0n) is 12.0. The summed E-state index contributed by atoms with van der Waals surface area (Å²) in [7, 11) is 0. The van der Waals surface area contributed by atoms with E-state index >= 15 is 0 Å². The highest BCUT2D eigenvalue weighted by Gasteiger charge is 2.53. The van der Waals surface area contributed by atoms with Crippen molar-refractivity contribution in [3.05, 3.63) is 0 Å². The molecule has 1 amide bonds. The number of hydrogen-bond acceptors (Lipinski definition) is 3. The van der Waals surface area contributed by atoms with Crippen LogP contribution in [-0.2, 0) is 4.79 Å². The average Bonchev–Trinajstić information content (AvgIpc) is 3.18. The van der Waals surface area contributed by atoms with E-state index in [1.54, 1.807) is 0 Å². The van der Waals surface area contributed by atoms with E-state index in [9.17, 15) is 9.90 Å². The van der Waals surface area contributed by atoms with Crippen molar-refractivity contribution in [1.29, 1.82) is 0 Å². The lowest BCUT2D eigenvalue weighted by Crippen LogP contribution is -2.67. The summed E-state index contributed by atoms with van der Waals surface area (Å²) in [5.74, 6) is 0.768. The summed E-state index contributed by atoms with van der Waals surface area (Å²) in [5, 5.41) is 10.3. The van der Waals surface area contributed by atoms with Crippen LogP contribution in [-0.4, -0.2) is 58.6 Å². The lowest BCUT2D eigenvalue weighted by molar-refractivity contribution is -0.155. The van der Waals surface area contributed by atoms with Crippen LogP contribution in [0.1, 0.15) is 45.4 Å². The van der Waals surface area contributed by atoms with Crippen LogP contribution in [0.3, 0.4) is 0 Å². The minimum absolute atomic E-state index is 0.0582. The van der Waals surface area contributed by atoms with E-state index in [4.69, 9.17) is 0 Å². The van der Waals surface area contributed by atoms with E-state index in [0.29, 0.717) is 19.0 Å². The number of carbonyl (C=O) groups excluding carboxylic acids is 1. The van der Waals surface area contributed by atoms with Crippen LogP contribution in [0.15, 0.2) is 0 Å². The lowest BCUT2D eigenvalue weighted by Gasteiger charge is -2.50. The van der Waals surface area contributed by atoms with Gasteiger partial charge in [-0.05, 0) is 38.5 Å². The van der Waals surface area contributed by atoms with E-state index in [1.807, 2.05) is 11.8 Å². The van der Waals surface area contributed by atoms with Gasteiger partial charge in [0.1, 0.15) is 0 Å². The Hall–Kier alpha value is -0.610. The maximum atomic E-state index is 12.5. The summed E-state index contributed by atoms with van der Waals surface area (Å²) in [5.41, 5.74) is -0.479. The van der Waals surface area contributed by atoms with Gasteiger partial charge in [0.05, 0.1) is 11.6 Å². The highest BCUT2D eigenvalue weighted by Crippen LogP contribution is 2.45.